The van der Waals surface area contributed by atoms with Crippen molar-refractivity contribution >= 4 is 16.7 Å². The number of hydrogen-bond donors (Lipinski definition) is 3. The fourth-order valence-corrected chi connectivity index (χ4v) is 5.48. The molecule has 4 heteroatoms. The van der Waals surface area contributed by atoms with Crippen molar-refractivity contribution in [1.29, 1.82) is 0 Å². The standard InChI is InChI=1S/C17H21N3O/c21-17-7-10-5-11(8-17)15(12(6-10)9-17)20-14-2-4-19-16-13(14)1-3-18-16/h1-4,10-12,15,21H,5-9H2,(H2,18,19,20)/t10?,11-,12+,15?,17?. The summed E-state index contributed by atoms with van der Waals surface area (Å²) in [7, 11) is 0. The van der Waals surface area contributed by atoms with Crippen LogP contribution >= 0.6 is 0 Å². The number of rotatable bonds is 2. The van der Waals surface area contributed by atoms with Crippen LogP contribution in [0.15, 0.2) is 24.5 Å². The van der Waals surface area contributed by atoms with Crippen molar-refractivity contribution in [2.45, 2.75) is 43.7 Å². The minimum atomic E-state index is -0.351. The van der Waals surface area contributed by atoms with Gasteiger partial charge in [-0.25, -0.2) is 4.98 Å². The van der Waals surface area contributed by atoms with Crippen LogP contribution in [0.25, 0.3) is 11.0 Å². The van der Waals surface area contributed by atoms with Gasteiger partial charge in [-0.2, -0.15) is 0 Å². The lowest BCUT2D eigenvalue weighted by atomic mass is 9.52. The first kappa shape index (κ1) is 12.0. The van der Waals surface area contributed by atoms with Crippen molar-refractivity contribution in [3.05, 3.63) is 24.5 Å². The van der Waals surface area contributed by atoms with Gasteiger partial charge in [-0.15, -0.1) is 0 Å². The molecule has 5 atom stereocenters. The predicted molar refractivity (Wildman–Crippen MR) is 82.0 cm³/mol. The Balaban J connectivity index is 1.48. The van der Waals surface area contributed by atoms with Gasteiger partial charge in [-0.1, -0.05) is 0 Å². The lowest BCUT2D eigenvalue weighted by Crippen LogP contribution is -2.58. The summed E-state index contributed by atoms with van der Waals surface area (Å²) < 4.78 is 0. The molecule has 0 radical (unpaired) electrons. The first-order valence-corrected chi connectivity index (χ1v) is 8.11. The molecular weight excluding hydrogens is 262 g/mol. The highest BCUT2D eigenvalue weighted by molar-refractivity contribution is 5.89. The smallest absolute Gasteiger partial charge is 0.139 e. The topological polar surface area (TPSA) is 60.9 Å². The molecule has 4 aliphatic carbocycles. The van der Waals surface area contributed by atoms with Gasteiger partial charge < -0.3 is 15.4 Å². The van der Waals surface area contributed by atoms with E-state index in [1.807, 2.05) is 12.4 Å². The second kappa shape index (κ2) is 4.01. The zero-order valence-electron chi connectivity index (χ0n) is 12.0. The molecule has 4 aliphatic rings. The highest BCUT2D eigenvalue weighted by Gasteiger charge is 2.54. The van der Waals surface area contributed by atoms with Crippen LogP contribution in [0.3, 0.4) is 0 Å². The Bertz CT molecular complexity index is 678. The van der Waals surface area contributed by atoms with Gasteiger partial charge in [0.15, 0.2) is 0 Å². The van der Waals surface area contributed by atoms with Gasteiger partial charge in [-0.3, -0.25) is 0 Å². The van der Waals surface area contributed by atoms with E-state index in [4.69, 9.17) is 0 Å². The van der Waals surface area contributed by atoms with Crippen molar-refractivity contribution in [1.82, 2.24) is 9.97 Å². The number of aromatic amines is 1. The number of anilines is 1. The number of H-pyrrole nitrogens is 1. The molecule has 0 aromatic carbocycles. The molecule has 2 heterocycles. The second-order valence-corrected chi connectivity index (χ2v) is 7.46. The van der Waals surface area contributed by atoms with Gasteiger partial charge in [0, 0.05) is 29.5 Å². The van der Waals surface area contributed by atoms with Gasteiger partial charge in [0.05, 0.1) is 5.60 Å². The minimum Gasteiger partial charge on any atom is -0.390 e. The fraction of sp³-hybridized carbons (Fsp3) is 0.588. The summed E-state index contributed by atoms with van der Waals surface area (Å²) in [6.07, 6.45) is 9.41. The molecule has 0 aliphatic heterocycles. The van der Waals surface area contributed by atoms with E-state index in [0.717, 1.165) is 30.8 Å². The first-order chi connectivity index (χ1) is 10.2. The summed E-state index contributed by atoms with van der Waals surface area (Å²) in [4.78, 5) is 7.54. The maximum absolute atomic E-state index is 10.7. The lowest BCUT2D eigenvalue weighted by Gasteiger charge is -2.58. The first-order valence-electron chi connectivity index (χ1n) is 8.11. The Morgan fingerprint density at radius 1 is 1.19 bits per heavy atom. The Morgan fingerprint density at radius 2 is 2.00 bits per heavy atom. The molecule has 3 N–H and O–H groups in total. The van der Waals surface area contributed by atoms with Crippen LogP contribution in [0.4, 0.5) is 5.69 Å². The van der Waals surface area contributed by atoms with Crippen LogP contribution in [-0.2, 0) is 0 Å². The summed E-state index contributed by atoms with van der Waals surface area (Å²) in [5.74, 6) is 2.02. The van der Waals surface area contributed by atoms with Crippen LogP contribution < -0.4 is 5.32 Å². The highest BCUT2D eigenvalue weighted by atomic mass is 16.3. The number of aliphatic hydroxyl groups is 1. The van der Waals surface area contributed by atoms with E-state index >= 15 is 0 Å². The van der Waals surface area contributed by atoms with Crippen LogP contribution in [0.2, 0.25) is 0 Å². The Hall–Kier alpha value is -1.55. The number of hydrogen-bond acceptors (Lipinski definition) is 3. The molecule has 6 rings (SSSR count). The van der Waals surface area contributed by atoms with Crippen LogP contribution in [0, 0.1) is 17.8 Å². The van der Waals surface area contributed by atoms with E-state index in [0.29, 0.717) is 17.9 Å². The third kappa shape index (κ3) is 1.75. The van der Waals surface area contributed by atoms with Crippen molar-refractivity contribution < 1.29 is 5.11 Å². The molecular formula is C17H21N3O. The van der Waals surface area contributed by atoms with Crippen molar-refractivity contribution in [2.24, 2.45) is 17.8 Å². The summed E-state index contributed by atoms with van der Waals surface area (Å²) in [5, 5.41) is 15.7. The van der Waals surface area contributed by atoms with Gasteiger partial charge in [0.2, 0.25) is 0 Å². The predicted octanol–water partition coefficient (Wildman–Crippen LogP) is 2.91. The maximum atomic E-state index is 10.7. The lowest BCUT2D eigenvalue weighted by molar-refractivity contribution is -0.129. The summed E-state index contributed by atoms with van der Waals surface area (Å²) in [6.45, 7) is 0. The maximum Gasteiger partial charge on any atom is 0.139 e. The van der Waals surface area contributed by atoms with Crippen LogP contribution in [0.1, 0.15) is 32.1 Å². The van der Waals surface area contributed by atoms with Crippen LogP contribution in [0.5, 0.6) is 0 Å². The fourth-order valence-electron chi connectivity index (χ4n) is 5.48. The van der Waals surface area contributed by atoms with E-state index in [-0.39, 0.29) is 5.60 Å². The molecule has 110 valence electrons. The SMILES string of the molecule is OC12CC3C[C@H](C1)C(Nc1ccnc4[nH]ccc14)[C@@H](C3)C2. The Kier molecular flexibility index (Phi) is 2.30. The van der Waals surface area contributed by atoms with Gasteiger partial charge in [0.25, 0.3) is 0 Å². The molecule has 3 unspecified atom stereocenters. The molecule has 4 bridgehead atoms. The molecule has 4 saturated carbocycles. The van der Waals surface area contributed by atoms with Gasteiger partial charge in [0.1, 0.15) is 5.65 Å². The summed E-state index contributed by atoms with van der Waals surface area (Å²) in [5.41, 5.74) is 1.78. The van der Waals surface area contributed by atoms with Crippen molar-refractivity contribution in [3.8, 4) is 0 Å². The number of aromatic nitrogens is 2. The second-order valence-electron chi connectivity index (χ2n) is 7.46. The zero-order valence-corrected chi connectivity index (χ0v) is 12.0. The molecule has 0 amide bonds. The normalized spacial score (nSPS) is 40.8. The van der Waals surface area contributed by atoms with Crippen LogP contribution in [-0.4, -0.2) is 26.7 Å². The third-order valence-electron chi connectivity index (χ3n) is 6.02. The monoisotopic (exact) mass is 283 g/mol. The van der Waals surface area contributed by atoms with Gasteiger partial charge in [-0.05, 0) is 62.0 Å². The molecule has 0 saturated heterocycles. The molecule has 4 fully saturated rings. The Morgan fingerprint density at radius 3 is 2.76 bits per heavy atom. The Labute approximate surface area is 124 Å². The quantitative estimate of drug-likeness (QED) is 0.794. The van der Waals surface area contributed by atoms with E-state index in [2.05, 4.69) is 27.4 Å². The zero-order chi connectivity index (χ0) is 14.0. The highest BCUT2D eigenvalue weighted by Crippen LogP contribution is 2.56. The molecule has 2 aromatic rings. The molecule has 4 nitrogen and oxygen atoms in total. The summed E-state index contributed by atoms with van der Waals surface area (Å²) in [6, 6.07) is 4.69. The van der Waals surface area contributed by atoms with E-state index in [1.165, 1.54) is 23.9 Å². The van der Waals surface area contributed by atoms with Crippen molar-refractivity contribution in [3.63, 3.8) is 0 Å². The van der Waals surface area contributed by atoms with E-state index in [1.54, 1.807) is 0 Å². The average molecular weight is 283 g/mol. The number of fused-ring (bicyclic) bond motifs is 1. The van der Waals surface area contributed by atoms with Gasteiger partial charge >= 0.3 is 0 Å². The molecule has 21 heavy (non-hydrogen) atoms. The average Bonchev–Trinajstić information content (AvgIpc) is 2.90. The molecule has 2 aromatic heterocycles. The summed E-state index contributed by atoms with van der Waals surface area (Å²) >= 11 is 0. The number of nitrogens with one attached hydrogen (secondary N) is 2. The van der Waals surface area contributed by atoms with E-state index in [9.17, 15) is 5.11 Å². The minimum absolute atomic E-state index is 0.351. The number of nitrogens with zero attached hydrogens (tertiary/aromatic N) is 1. The van der Waals surface area contributed by atoms with Crippen molar-refractivity contribution in [2.75, 3.05) is 5.32 Å². The largest absolute Gasteiger partial charge is 0.390 e. The number of pyridine rings is 1. The van der Waals surface area contributed by atoms with E-state index < -0.39 is 0 Å². The molecule has 0 spiro atoms. The third-order valence-corrected chi connectivity index (χ3v) is 6.02.